The summed E-state index contributed by atoms with van der Waals surface area (Å²) < 4.78 is 0. The molecule has 1 aliphatic rings. The molecule has 0 spiro atoms. The summed E-state index contributed by atoms with van der Waals surface area (Å²) >= 11 is 0. The molecule has 1 aliphatic heterocycles. The Balaban J connectivity index is 1.87. The van der Waals surface area contributed by atoms with E-state index in [1.807, 2.05) is 0 Å². The quantitative estimate of drug-likeness (QED) is 0.621. The maximum Gasteiger partial charge on any atom is 0.251 e. The van der Waals surface area contributed by atoms with Gasteiger partial charge in [-0.2, -0.15) is 0 Å². The fourth-order valence-electron chi connectivity index (χ4n) is 2.16. The van der Waals surface area contributed by atoms with E-state index in [1.165, 1.54) is 6.92 Å². The van der Waals surface area contributed by atoms with Gasteiger partial charge < -0.3 is 21.1 Å². The van der Waals surface area contributed by atoms with Crippen molar-refractivity contribution >= 4 is 17.5 Å². The average Bonchev–Trinajstić information content (AvgIpc) is 2.82. The topological polar surface area (TPSA) is 90.5 Å². The highest BCUT2D eigenvalue weighted by Gasteiger charge is 2.25. The van der Waals surface area contributed by atoms with Crippen molar-refractivity contribution in [3.05, 3.63) is 29.8 Å². The lowest BCUT2D eigenvalue weighted by Crippen LogP contribution is -2.34. The van der Waals surface area contributed by atoms with Gasteiger partial charge in [0.2, 0.25) is 5.91 Å². The predicted molar refractivity (Wildman–Crippen MR) is 75.4 cm³/mol. The van der Waals surface area contributed by atoms with E-state index in [-0.39, 0.29) is 17.7 Å². The molecule has 1 aromatic carbocycles. The molecule has 2 amide bonds. The van der Waals surface area contributed by atoms with Crippen LogP contribution in [0, 0.1) is 5.92 Å². The summed E-state index contributed by atoms with van der Waals surface area (Å²) in [6.45, 7) is 3.16. The second-order valence-corrected chi connectivity index (χ2v) is 4.95. The van der Waals surface area contributed by atoms with E-state index in [9.17, 15) is 14.7 Å². The number of anilines is 1. The normalized spacial score (nSPS) is 21.5. The highest BCUT2D eigenvalue weighted by atomic mass is 16.3. The molecule has 1 aromatic rings. The van der Waals surface area contributed by atoms with Crippen LogP contribution >= 0.6 is 0 Å². The molecule has 20 heavy (non-hydrogen) atoms. The number of β-amino-alcohol motifs (C(OH)–C–C–N with tert-alkyl or cyclic N) is 1. The average molecular weight is 277 g/mol. The van der Waals surface area contributed by atoms with E-state index < -0.39 is 6.10 Å². The molecular weight excluding hydrogens is 258 g/mol. The molecule has 0 bridgehead atoms. The van der Waals surface area contributed by atoms with E-state index in [0.717, 1.165) is 0 Å². The lowest BCUT2D eigenvalue weighted by Gasteiger charge is -2.14. The molecule has 0 aliphatic carbocycles. The van der Waals surface area contributed by atoms with Crippen LogP contribution in [0.4, 0.5) is 5.69 Å². The summed E-state index contributed by atoms with van der Waals surface area (Å²) in [5, 5.41) is 18.2. The molecule has 6 heteroatoms. The van der Waals surface area contributed by atoms with E-state index in [4.69, 9.17) is 0 Å². The molecule has 0 radical (unpaired) electrons. The molecule has 2 atom stereocenters. The first-order valence-electron chi connectivity index (χ1n) is 6.61. The Hall–Kier alpha value is -1.92. The Morgan fingerprint density at radius 3 is 2.55 bits per heavy atom. The van der Waals surface area contributed by atoms with Crippen molar-refractivity contribution in [2.45, 2.75) is 13.0 Å². The first kappa shape index (κ1) is 14.5. The third kappa shape index (κ3) is 3.79. The van der Waals surface area contributed by atoms with Crippen molar-refractivity contribution < 1.29 is 14.7 Å². The number of rotatable bonds is 4. The Labute approximate surface area is 117 Å². The van der Waals surface area contributed by atoms with Crippen LogP contribution in [0.25, 0.3) is 0 Å². The van der Waals surface area contributed by atoms with Crippen LogP contribution in [-0.4, -0.2) is 42.7 Å². The lowest BCUT2D eigenvalue weighted by atomic mass is 10.1. The zero-order valence-electron chi connectivity index (χ0n) is 11.3. The number of amides is 2. The Morgan fingerprint density at radius 2 is 2.00 bits per heavy atom. The fourth-order valence-corrected chi connectivity index (χ4v) is 2.16. The molecular formula is C14H19N3O3. The van der Waals surface area contributed by atoms with E-state index >= 15 is 0 Å². The zero-order chi connectivity index (χ0) is 14.5. The zero-order valence-corrected chi connectivity index (χ0v) is 11.3. The van der Waals surface area contributed by atoms with Gasteiger partial charge in [-0.25, -0.2) is 0 Å². The number of hydrogen-bond donors (Lipinski definition) is 4. The molecule has 1 fully saturated rings. The van der Waals surface area contributed by atoms with Crippen LogP contribution < -0.4 is 16.0 Å². The first-order valence-corrected chi connectivity index (χ1v) is 6.61. The molecule has 1 heterocycles. The summed E-state index contributed by atoms with van der Waals surface area (Å²) in [4.78, 5) is 22.8. The van der Waals surface area contributed by atoms with Crippen LogP contribution in [-0.2, 0) is 4.79 Å². The molecule has 108 valence electrons. The van der Waals surface area contributed by atoms with Crippen molar-refractivity contribution in [1.82, 2.24) is 10.6 Å². The molecule has 1 saturated heterocycles. The SMILES string of the molecule is CC(=O)Nc1ccc(C(=O)NCC2CNCC2O)cc1. The Bertz CT molecular complexity index is 487. The number of benzene rings is 1. The predicted octanol–water partition coefficient (Wildman–Crippen LogP) is -0.0449. The number of carbonyl (C=O) groups excluding carboxylic acids is 2. The molecule has 0 saturated carbocycles. The minimum atomic E-state index is -0.405. The van der Waals surface area contributed by atoms with Gasteiger partial charge in [0.25, 0.3) is 5.91 Å². The van der Waals surface area contributed by atoms with Gasteiger partial charge in [-0.1, -0.05) is 0 Å². The fraction of sp³-hybridized carbons (Fsp3) is 0.429. The van der Waals surface area contributed by atoms with E-state index in [1.54, 1.807) is 24.3 Å². The smallest absolute Gasteiger partial charge is 0.251 e. The lowest BCUT2D eigenvalue weighted by molar-refractivity contribution is -0.114. The molecule has 2 unspecified atom stereocenters. The number of hydrogen-bond acceptors (Lipinski definition) is 4. The number of aliphatic hydroxyl groups is 1. The Morgan fingerprint density at radius 1 is 1.30 bits per heavy atom. The summed E-state index contributed by atoms with van der Waals surface area (Å²) in [6.07, 6.45) is -0.405. The molecule has 4 N–H and O–H groups in total. The van der Waals surface area contributed by atoms with Gasteiger partial charge in [0.05, 0.1) is 6.10 Å². The Kier molecular flexibility index (Phi) is 4.70. The summed E-state index contributed by atoms with van der Waals surface area (Å²) in [6, 6.07) is 6.68. The minimum Gasteiger partial charge on any atom is -0.391 e. The van der Waals surface area contributed by atoms with E-state index in [2.05, 4.69) is 16.0 Å². The maximum atomic E-state index is 11.9. The van der Waals surface area contributed by atoms with Crippen molar-refractivity contribution in [1.29, 1.82) is 0 Å². The van der Waals surface area contributed by atoms with Crippen molar-refractivity contribution in [3.8, 4) is 0 Å². The van der Waals surface area contributed by atoms with Crippen LogP contribution in [0.1, 0.15) is 17.3 Å². The van der Waals surface area contributed by atoms with Crippen molar-refractivity contribution in [2.24, 2.45) is 5.92 Å². The number of nitrogens with one attached hydrogen (secondary N) is 3. The standard InChI is InChI=1S/C14H19N3O3/c1-9(18)17-12-4-2-10(3-5-12)14(20)16-7-11-6-15-8-13(11)19/h2-5,11,13,15,19H,6-8H2,1H3,(H,16,20)(H,17,18). The summed E-state index contributed by atoms with van der Waals surface area (Å²) in [5.41, 5.74) is 1.18. The summed E-state index contributed by atoms with van der Waals surface area (Å²) in [5.74, 6) is -0.277. The molecule has 6 nitrogen and oxygen atoms in total. The second-order valence-electron chi connectivity index (χ2n) is 4.95. The third-order valence-corrected chi connectivity index (χ3v) is 3.30. The van der Waals surface area contributed by atoms with E-state index in [0.29, 0.717) is 30.9 Å². The maximum absolute atomic E-state index is 11.9. The van der Waals surface area contributed by atoms with Crippen LogP contribution in [0.15, 0.2) is 24.3 Å². The monoisotopic (exact) mass is 277 g/mol. The first-order chi connectivity index (χ1) is 9.56. The summed E-state index contributed by atoms with van der Waals surface area (Å²) in [7, 11) is 0. The van der Waals surface area contributed by atoms with Crippen LogP contribution in [0.3, 0.4) is 0 Å². The van der Waals surface area contributed by atoms with Gasteiger partial charge in [-0.15, -0.1) is 0 Å². The highest BCUT2D eigenvalue weighted by molar-refractivity contribution is 5.95. The van der Waals surface area contributed by atoms with Crippen LogP contribution in [0.2, 0.25) is 0 Å². The van der Waals surface area contributed by atoms with Crippen molar-refractivity contribution in [2.75, 3.05) is 25.0 Å². The number of carbonyl (C=O) groups is 2. The second kappa shape index (κ2) is 6.49. The van der Waals surface area contributed by atoms with Gasteiger partial charge in [-0.3, -0.25) is 9.59 Å². The van der Waals surface area contributed by atoms with Gasteiger partial charge in [0.15, 0.2) is 0 Å². The molecule has 2 rings (SSSR count). The number of aliphatic hydroxyl groups excluding tert-OH is 1. The van der Waals surface area contributed by atoms with Crippen LogP contribution in [0.5, 0.6) is 0 Å². The van der Waals surface area contributed by atoms with Gasteiger partial charge in [0, 0.05) is 43.7 Å². The third-order valence-electron chi connectivity index (χ3n) is 3.30. The molecule has 0 aromatic heterocycles. The minimum absolute atomic E-state index is 0.0533. The van der Waals surface area contributed by atoms with Gasteiger partial charge in [0.1, 0.15) is 0 Å². The highest BCUT2D eigenvalue weighted by Crippen LogP contribution is 2.11. The van der Waals surface area contributed by atoms with Gasteiger partial charge in [-0.05, 0) is 24.3 Å². The van der Waals surface area contributed by atoms with Crippen molar-refractivity contribution in [3.63, 3.8) is 0 Å². The largest absolute Gasteiger partial charge is 0.391 e. The van der Waals surface area contributed by atoms with Gasteiger partial charge >= 0.3 is 0 Å².